The van der Waals surface area contributed by atoms with Crippen LogP contribution in [0.15, 0.2) is 12.1 Å². The minimum absolute atomic E-state index is 0.196. The number of carbonyl (C=O) groups is 1. The SMILES string of the molecule is Cc1cc(O)c(C(C)C)cc1NC(=O)C(C)N. The number of amides is 1. The molecule has 1 aromatic carbocycles. The molecule has 0 heterocycles. The highest BCUT2D eigenvalue weighted by atomic mass is 16.3. The molecule has 1 aromatic rings. The van der Waals surface area contributed by atoms with Crippen LogP contribution >= 0.6 is 0 Å². The van der Waals surface area contributed by atoms with Gasteiger partial charge in [-0.2, -0.15) is 0 Å². The van der Waals surface area contributed by atoms with E-state index in [1.54, 1.807) is 19.1 Å². The lowest BCUT2D eigenvalue weighted by molar-refractivity contribution is -0.117. The zero-order valence-electron chi connectivity index (χ0n) is 10.7. The third kappa shape index (κ3) is 3.20. The summed E-state index contributed by atoms with van der Waals surface area (Å²) in [4.78, 5) is 11.5. The van der Waals surface area contributed by atoms with E-state index < -0.39 is 6.04 Å². The number of benzene rings is 1. The van der Waals surface area contributed by atoms with Crippen LogP contribution in [0.2, 0.25) is 0 Å². The molecular weight excluding hydrogens is 216 g/mol. The first kappa shape index (κ1) is 13.5. The van der Waals surface area contributed by atoms with Crippen LogP contribution in [0.5, 0.6) is 5.75 Å². The van der Waals surface area contributed by atoms with Gasteiger partial charge in [0.15, 0.2) is 0 Å². The second-order valence-electron chi connectivity index (χ2n) is 4.66. The quantitative estimate of drug-likeness (QED) is 0.703. The minimum atomic E-state index is -0.550. The molecule has 0 radical (unpaired) electrons. The molecule has 0 bridgehead atoms. The molecule has 0 aliphatic rings. The number of aryl methyl sites for hydroxylation is 1. The third-order valence-electron chi connectivity index (χ3n) is 2.67. The zero-order chi connectivity index (χ0) is 13.2. The van der Waals surface area contributed by atoms with Crippen LogP contribution in [0.3, 0.4) is 0 Å². The van der Waals surface area contributed by atoms with Gasteiger partial charge in [-0.25, -0.2) is 0 Å². The van der Waals surface area contributed by atoms with E-state index in [9.17, 15) is 9.90 Å². The molecule has 94 valence electrons. The van der Waals surface area contributed by atoms with E-state index in [4.69, 9.17) is 5.73 Å². The van der Waals surface area contributed by atoms with Crippen LogP contribution in [-0.2, 0) is 4.79 Å². The number of anilines is 1. The Kier molecular flexibility index (Phi) is 4.12. The highest BCUT2D eigenvalue weighted by Crippen LogP contribution is 2.31. The topological polar surface area (TPSA) is 75.3 Å². The molecule has 1 rings (SSSR count). The van der Waals surface area contributed by atoms with Crippen molar-refractivity contribution in [2.45, 2.75) is 39.7 Å². The molecule has 0 aliphatic heterocycles. The molecule has 4 N–H and O–H groups in total. The Morgan fingerprint density at radius 1 is 1.35 bits per heavy atom. The summed E-state index contributed by atoms with van der Waals surface area (Å²) in [5.74, 6) is 0.228. The van der Waals surface area contributed by atoms with Crippen LogP contribution < -0.4 is 11.1 Å². The van der Waals surface area contributed by atoms with Gasteiger partial charge in [0.2, 0.25) is 5.91 Å². The van der Waals surface area contributed by atoms with Crippen molar-refractivity contribution in [1.82, 2.24) is 0 Å². The zero-order valence-corrected chi connectivity index (χ0v) is 10.7. The maximum Gasteiger partial charge on any atom is 0.241 e. The smallest absolute Gasteiger partial charge is 0.241 e. The van der Waals surface area contributed by atoms with E-state index in [1.807, 2.05) is 20.8 Å². The first-order valence-corrected chi connectivity index (χ1v) is 5.73. The Morgan fingerprint density at radius 2 is 1.94 bits per heavy atom. The Morgan fingerprint density at radius 3 is 2.41 bits per heavy atom. The van der Waals surface area contributed by atoms with E-state index in [0.717, 1.165) is 11.1 Å². The van der Waals surface area contributed by atoms with Crippen molar-refractivity contribution < 1.29 is 9.90 Å². The van der Waals surface area contributed by atoms with Crippen molar-refractivity contribution in [3.8, 4) is 5.75 Å². The van der Waals surface area contributed by atoms with Crippen molar-refractivity contribution in [1.29, 1.82) is 0 Å². The summed E-state index contributed by atoms with van der Waals surface area (Å²) in [6, 6.07) is 2.91. The van der Waals surface area contributed by atoms with Crippen molar-refractivity contribution in [2.75, 3.05) is 5.32 Å². The number of hydrogen-bond acceptors (Lipinski definition) is 3. The summed E-state index contributed by atoms with van der Waals surface area (Å²) in [5.41, 5.74) is 7.84. The van der Waals surface area contributed by atoms with Crippen molar-refractivity contribution in [3.63, 3.8) is 0 Å². The minimum Gasteiger partial charge on any atom is -0.508 e. The summed E-state index contributed by atoms with van der Waals surface area (Å²) < 4.78 is 0. The molecule has 1 amide bonds. The van der Waals surface area contributed by atoms with E-state index >= 15 is 0 Å². The number of nitrogens with one attached hydrogen (secondary N) is 1. The summed E-state index contributed by atoms with van der Waals surface area (Å²) in [5, 5.41) is 12.5. The Labute approximate surface area is 102 Å². The van der Waals surface area contributed by atoms with Gasteiger partial charge >= 0.3 is 0 Å². The standard InChI is InChI=1S/C13H20N2O2/c1-7(2)10-6-11(8(3)5-12(10)16)15-13(17)9(4)14/h5-7,9,16H,14H2,1-4H3,(H,15,17). The first-order valence-electron chi connectivity index (χ1n) is 5.73. The average Bonchev–Trinajstić information content (AvgIpc) is 2.21. The monoisotopic (exact) mass is 236 g/mol. The number of rotatable bonds is 3. The lowest BCUT2D eigenvalue weighted by Crippen LogP contribution is -2.32. The molecule has 17 heavy (non-hydrogen) atoms. The molecule has 0 saturated carbocycles. The number of nitrogens with two attached hydrogens (primary N) is 1. The molecule has 4 heteroatoms. The maximum absolute atomic E-state index is 11.5. The molecule has 0 fully saturated rings. The van der Waals surface area contributed by atoms with Crippen molar-refractivity contribution >= 4 is 11.6 Å². The normalized spacial score (nSPS) is 12.6. The number of carbonyl (C=O) groups excluding carboxylic acids is 1. The van der Waals surface area contributed by atoms with Crippen LogP contribution in [0.1, 0.15) is 37.8 Å². The van der Waals surface area contributed by atoms with Gasteiger partial charge < -0.3 is 16.2 Å². The summed E-state index contributed by atoms with van der Waals surface area (Å²) >= 11 is 0. The number of aromatic hydroxyl groups is 1. The highest BCUT2D eigenvalue weighted by Gasteiger charge is 2.13. The van der Waals surface area contributed by atoms with Crippen molar-refractivity contribution in [3.05, 3.63) is 23.3 Å². The Bertz CT molecular complexity index is 426. The van der Waals surface area contributed by atoms with Crippen molar-refractivity contribution in [2.24, 2.45) is 5.73 Å². The summed E-state index contributed by atoms with van der Waals surface area (Å²) in [6.07, 6.45) is 0. The fourth-order valence-corrected chi connectivity index (χ4v) is 1.55. The Balaban J connectivity index is 3.08. The van der Waals surface area contributed by atoms with Gasteiger partial charge in [0.05, 0.1) is 6.04 Å². The molecule has 0 spiro atoms. The molecule has 0 aromatic heterocycles. The van der Waals surface area contributed by atoms with Crippen LogP contribution in [0, 0.1) is 6.92 Å². The van der Waals surface area contributed by atoms with Gasteiger partial charge in [-0.15, -0.1) is 0 Å². The average molecular weight is 236 g/mol. The largest absolute Gasteiger partial charge is 0.508 e. The first-order chi connectivity index (χ1) is 7.82. The van der Waals surface area contributed by atoms with Gasteiger partial charge in [-0.05, 0) is 43.0 Å². The molecule has 4 nitrogen and oxygen atoms in total. The van der Waals surface area contributed by atoms with E-state index in [1.165, 1.54) is 0 Å². The van der Waals surface area contributed by atoms with Gasteiger partial charge in [0.25, 0.3) is 0 Å². The third-order valence-corrected chi connectivity index (χ3v) is 2.67. The molecule has 0 saturated heterocycles. The van der Waals surface area contributed by atoms with E-state index in [2.05, 4.69) is 5.32 Å². The number of hydrogen-bond donors (Lipinski definition) is 3. The fraction of sp³-hybridized carbons (Fsp3) is 0.462. The van der Waals surface area contributed by atoms with Crippen LogP contribution in [0.4, 0.5) is 5.69 Å². The van der Waals surface area contributed by atoms with E-state index in [-0.39, 0.29) is 17.6 Å². The Hall–Kier alpha value is -1.55. The fourth-order valence-electron chi connectivity index (χ4n) is 1.55. The number of phenols is 1. The van der Waals surface area contributed by atoms with Crippen LogP contribution in [-0.4, -0.2) is 17.1 Å². The van der Waals surface area contributed by atoms with Crippen LogP contribution in [0.25, 0.3) is 0 Å². The van der Waals surface area contributed by atoms with E-state index in [0.29, 0.717) is 5.69 Å². The van der Waals surface area contributed by atoms with Gasteiger partial charge in [-0.3, -0.25) is 4.79 Å². The number of phenolic OH excluding ortho intramolecular Hbond substituents is 1. The maximum atomic E-state index is 11.5. The predicted molar refractivity (Wildman–Crippen MR) is 69.2 cm³/mol. The second-order valence-corrected chi connectivity index (χ2v) is 4.66. The van der Waals surface area contributed by atoms with Gasteiger partial charge in [0, 0.05) is 5.69 Å². The summed E-state index contributed by atoms with van der Waals surface area (Å²) in [6.45, 7) is 7.44. The molecule has 1 unspecified atom stereocenters. The summed E-state index contributed by atoms with van der Waals surface area (Å²) in [7, 11) is 0. The predicted octanol–water partition coefficient (Wildman–Crippen LogP) is 2.11. The molecule has 0 aliphatic carbocycles. The highest BCUT2D eigenvalue weighted by molar-refractivity contribution is 5.95. The molecular formula is C13H20N2O2. The van der Waals surface area contributed by atoms with Gasteiger partial charge in [0.1, 0.15) is 5.75 Å². The lowest BCUT2D eigenvalue weighted by Gasteiger charge is -2.15. The second kappa shape index (κ2) is 5.19. The van der Waals surface area contributed by atoms with Gasteiger partial charge in [-0.1, -0.05) is 13.8 Å². The molecule has 1 atom stereocenters. The lowest BCUT2D eigenvalue weighted by atomic mass is 9.99.